The van der Waals surface area contributed by atoms with E-state index in [0.717, 1.165) is 0 Å². The van der Waals surface area contributed by atoms with Gasteiger partial charge in [-0.2, -0.15) is 21.6 Å². The molecule has 0 aliphatic carbocycles. The van der Waals surface area contributed by atoms with Crippen LogP contribution >= 0.6 is 0 Å². The summed E-state index contributed by atoms with van der Waals surface area (Å²) in [5.41, 5.74) is -5.53. The van der Waals surface area contributed by atoms with E-state index >= 15 is 0 Å². The molecule has 0 aromatic heterocycles. The van der Waals surface area contributed by atoms with Crippen LogP contribution in [0.15, 0.2) is 0 Å². The molecule has 1 N–H and O–H groups in total. The molecule has 0 saturated carbocycles. The van der Waals surface area contributed by atoms with Gasteiger partial charge in [-0.15, -0.1) is 0 Å². The molecule has 3 nitrogen and oxygen atoms in total. The van der Waals surface area contributed by atoms with Crippen LogP contribution in [0.4, 0.5) is 13.2 Å². The van der Waals surface area contributed by atoms with Gasteiger partial charge in [-0.05, 0) is 0 Å². The maximum Gasteiger partial charge on any atom is 0.522 e. The van der Waals surface area contributed by atoms with Crippen LogP contribution in [-0.2, 0) is 31.2 Å². The third-order valence-corrected chi connectivity index (χ3v) is 0.877. The van der Waals surface area contributed by atoms with Crippen molar-refractivity contribution in [2.24, 2.45) is 0 Å². The van der Waals surface area contributed by atoms with E-state index in [2.05, 4.69) is 0 Å². The van der Waals surface area contributed by atoms with Crippen LogP contribution in [0.2, 0.25) is 0 Å². The SMILES string of the molecule is O=S(=O)(O)C(F)(F)F.[Mo]. The van der Waals surface area contributed by atoms with Gasteiger partial charge in [0.25, 0.3) is 0 Å². The first-order chi connectivity index (χ1) is 3.25. The Hall–Kier alpha value is 0.388. The maximum atomic E-state index is 10.7. The Bertz CT molecular complexity index is 168. The Morgan fingerprint density at radius 1 is 1.22 bits per heavy atom. The molecule has 0 aliphatic rings. The minimum absolute atomic E-state index is 0. The van der Waals surface area contributed by atoms with Crippen LogP contribution in [-0.4, -0.2) is 18.5 Å². The quantitative estimate of drug-likeness (QED) is 0.382. The van der Waals surface area contributed by atoms with Gasteiger partial charge >= 0.3 is 15.6 Å². The summed E-state index contributed by atoms with van der Waals surface area (Å²) in [5.74, 6) is 0. The van der Waals surface area contributed by atoms with Crippen LogP contribution in [0, 0.1) is 0 Å². The number of rotatable bonds is 0. The van der Waals surface area contributed by atoms with Crippen molar-refractivity contribution in [3.63, 3.8) is 0 Å². The molecule has 0 heterocycles. The Kier molecular flexibility index (Phi) is 4.01. The Morgan fingerprint density at radius 2 is 1.33 bits per heavy atom. The van der Waals surface area contributed by atoms with Crippen LogP contribution < -0.4 is 0 Å². The molecular formula is CHF3MoO3S. The van der Waals surface area contributed by atoms with Crippen molar-refractivity contribution < 1.29 is 47.2 Å². The summed E-state index contributed by atoms with van der Waals surface area (Å²) in [4.78, 5) is 0. The van der Waals surface area contributed by atoms with Gasteiger partial charge in [0.2, 0.25) is 0 Å². The smallest absolute Gasteiger partial charge is 0.279 e. The molecule has 0 fully saturated rings. The first kappa shape index (κ1) is 12.1. The summed E-state index contributed by atoms with van der Waals surface area (Å²) in [6.45, 7) is 0. The van der Waals surface area contributed by atoms with E-state index < -0.39 is 15.6 Å². The topological polar surface area (TPSA) is 54.4 Å². The first-order valence-corrected chi connectivity index (χ1v) is 2.73. The second-order valence-corrected chi connectivity index (χ2v) is 2.33. The molecule has 0 rings (SSSR count). The standard InChI is InChI=1S/CHF3O3S.Mo/c2-1(3,4)8(5,6)7;/h(H,5,6,7);. The maximum absolute atomic E-state index is 10.7. The zero-order valence-corrected chi connectivity index (χ0v) is 6.54. The van der Waals surface area contributed by atoms with Gasteiger partial charge in [0.1, 0.15) is 0 Å². The van der Waals surface area contributed by atoms with E-state index in [9.17, 15) is 13.2 Å². The van der Waals surface area contributed by atoms with Gasteiger partial charge in [0, 0.05) is 21.1 Å². The van der Waals surface area contributed by atoms with E-state index in [1.54, 1.807) is 0 Å². The molecule has 0 atom stereocenters. The van der Waals surface area contributed by atoms with Crippen LogP contribution in [0.3, 0.4) is 0 Å². The Balaban J connectivity index is 0. The van der Waals surface area contributed by atoms with Crippen molar-refractivity contribution in [2.45, 2.75) is 5.51 Å². The number of hydrogen-bond donors (Lipinski definition) is 1. The van der Waals surface area contributed by atoms with Gasteiger partial charge in [-0.3, -0.25) is 4.55 Å². The molecule has 0 amide bonds. The molecule has 0 bridgehead atoms. The van der Waals surface area contributed by atoms with E-state index in [1.807, 2.05) is 0 Å². The normalized spacial score (nSPS) is 12.4. The van der Waals surface area contributed by atoms with E-state index in [4.69, 9.17) is 13.0 Å². The molecule has 0 aromatic carbocycles. The number of hydrogen-bond acceptors (Lipinski definition) is 2. The van der Waals surface area contributed by atoms with Crippen LogP contribution in [0.5, 0.6) is 0 Å². The van der Waals surface area contributed by atoms with Gasteiger partial charge in [0.15, 0.2) is 0 Å². The molecule has 0 saturated heterocycles. The van der Waals surface area contributed by atoms with E-state index in [1.165, 1.54) is 0 Å². The van der Waals surface area contributed by atoms with Crippen molar-refractivity contribution in [3.8, 4) is 0 Å². The fraction of sp³-hybridized carbons (Fsp3) is 1.00. The van der Waals surface area contributed by atoms with Crippen molar-refractivity contribution in [3.05, 3.63) is 0 Å². The van der Waals surface area contributed by atoms with Crippen LogP contribution in [0.25, 0.3) is 0 Å². The van der Waals surface area contributed by atoms with Gasteiger partial charge in [-0.1, -0.05) is 0 Å². The molecule has 0 aromatic rings. The Labute approximate surface area is 63.3 Å². The fourth-order valence-corrected chi connectivity index (χ4v) is 0. The minimum Gasteiger partial charge on any atom is -0.279 e. The average Bonchev–Trinajstić information content (AvgIpc) is 1.25. The minimum atomic E-state index is -5.84. The predicted molar refractivity (Wildman–Crippen MR) is 17.6 cm³/mol. The zero-order chi connectivity index (χ0) is 7.00. The average molecular weight is 246 g/mol. The summed E-state index contributed by atoms with van der Waals surface area (Å²) in [6, 6.07) is 0. The first-order valence-electron chi connectivity index (χ1n) is 1.29. The second kappa shape index (κ2) is 2.98. The van der Waals surface area contributed by atoms with Gasteiger partial charge in [-0.25, -0.2) is 0 Å². The Morgan fingerprint density at radius 3 is 1.33 bits per heavy atom. The van der Waals surface area contributed by atoms with E-state index in [-0.39, 0.29) is 21.1 Å². The van der Waals surface area contributed by atoms with Crippen molar-refractivity contribution in [1.82, 2.24) is 0 Å². The summed E-state index contributed by atoms with van der Waals surface area (Å²) < 4.78 is 57.5. The van der Waals surface area contributed by atoms with Crippen molar-refractivity contribution in [1.29, 1.82) is 0 Å². The monoisotopic (exact) mass is 248 g/mol. The molecule has 0 radical (unpaired) electrons. The number of alkyl halides is 3. The summed E-state index contributed by atoms with van der Waals surface area (Å²) in [7, 11) is -5.84. The van der Waals surface area contributed by atoms with Gasteiger partial charge in [0.05, 0.1) is 0 Å². The van der Waals surface area contributed by atoms with Gasteiger partial charge < -0.3 is 0 Å². The molecule has 56 valence electrons. The summed E-state index contributed by atoms with van der Waals surface area (Å²) in [6.07, 6.45) is 0. The molecule has 0 spiro atoms. The van der Waals surface area contributed by atoms with Crippen molar-refractivity contribution >= 4 is 10.1 Å². The molecule has 0 aliphatic heterocycles. The van der Waals surface area contributed by atoms with Crippen molar-refractivity contribution in [2.75, 3.05) is 0 Å². The summed E-state index contributed by atoms with van der Waals surface area (Å²) >= 11 is 0. The zero-order valence-electron chi connectivity index (χ0n) is 3.71. The molecule has 8 heteroatoms. The number of halogens is 3. The van der Waals surface area contributed by atoms with Crippen LogP contribution in [0.1, 0.15) is 0 Å². The molecule has 0 unspecified atom stereocenters. The predicted octanol–water partition coefficient (Wildman–Crippen LogP) is 0.392. The second-order valence-electron chi connectivity index (χ2n) is 0.921. The summed E-state index contributed by atoms with van der Waals surface area (Å²) in [5, 5.41) is 0. The largest absolute Gasteiger partial charge is 0.522 e. The molecular weight excluding hydrogens is 245 g/mol. The third-order valence-electron chi connectivity index (χ3n) is 0.292. The fourth-order valence-electron chi connectivity index (χ4n) is 0. The van der Waals surface area contributed by atoms with E-state index in [0.29, 0.717) is 0 Å². The molecule has 9 heavy (non-hydrogen) atoms. The third kappa shape index (κ3) is 3.88.